The van der Waals surface area contributed by atoms with Crippen molar-refractivity contribution in [3.8, 4) is 11.1 Å². The van der Waals surface area contributed by atoms with Crippen molar-refractivity contribution in [2.75, 3.05) is 0 Å². The molecule has 1 heterocycles. The first kappa shape index (κ1) is 36.2. The largest absolute Gasteiger partial charge is 0.259 e. The molecule has 252 valence electrons. The summed E-state index contributed by atoms with van der Waals surface area (Å²) in [7, 11) is 0. The van der Waals surface area contributed by atoms with Gasteiger partial charge in [0.2, 0.25) is 5.82 Å². The van der Waals surface area contributed by atoms with Crippen molar-refractivity contribution < 1.29 is 65.9 Å². The van der Waals surface area contributed by atoms with Crippen LogP contribution in [0.3, 0.4) is 0 Å². The van der Waals surface area contributed by atoms with E-state index in [-0.39, 0.29) is 0 Å². The van der Waals surface area contributed by atoms with Gasteiger partial charge in [0, 0.05) is 20.7 Å². The number of benzene rings is 3. The van der Waals surface area contributed by atoms with Gasteiger partial charge in [-0.15, -0.1) is 11.3 Å². The smallest absolute Gasteiger partial charge is 0.204 e. The van der Waals surface area contributed by atoms with E-state index in [1.807, 2.05) is 0 Å². The molecule has 0 fully saturated rings. The Balaban J connectivity index is 2.50. The van der Waals surface area contributed by atoms with Gasteiger partial charge in [-0.1, -0.05) is 41.5 Å². The second kappa shape index (κ2) is 11.8. The average Bonchev–Trinajstić information content (AvgIpc) is 3.39. The Labute approximate surface area is 260 Å². The number of hydrogen-bond acceptors (Lipinski definition) is 1. The highest BCUT2D eigenvalue weighted by atomic mass is 32.1. The van der Waals surface area contributed by atoms with Gasteiger partial charge in [-0.3, -0.25) is 0 Å². The molecule has 0 aliphatic carbocycles. The molecule has 17 heteroatoms. The number of rotatable bonds is 4. The highest BCUT2D eigenvalue weighted by Crippen LogP contribution is 2.45. The van der Waals surface area contributed by atoms with Crippen LogP contribution in [0.1, 0.15) is 51.3 Å². The van der Waals surface area contributed by atoms with Crippen molar-refractivity contribution in [2.24, 2.45) is 0 Å². The molecular weight excluding hydrogens is 688 g/mol. The molecule has 0 spiro atoms. The molecule has 0 amide bonds. The first-order valence-electron chi connectivity index (χ1n) is 13.1. The topological polar surface area (TPSA) is 0 Å². The fourth-order valence-corrected chi connectivity index (χ4v) is 6.52. The summed E-state index contributed by atoms with van der Waals surface area (Å²) < 4.78 is 224. The lowest BCUT2D eigenvalue weighted by molar-refractivity contribution is 0.381. The van der Waals surface area contributed by atoms with Gasteiger partial charge in [0.15, 0.2) is 81.4 Å². The summed E-state index contributed by atoms with van der Waals surface area (Å²) in [6.07, 6.45) is 0. The monoisotopic (exact) mass is 706 g/mol. The van der Waals surface area contributed by atoms with E-state index in [0.717, 1.165) is 0 Å². The fourth-order valence-electron chi connectivity index (χ4n) is 5.06. The summed E-state index contributed by atoms with van der Waals surface area (Å²) in [6.45, 7) is 4.28. The van der Waals surface area contributed by atoms with Crippen LogP contribution in [-0.4, -0.2) is 6.71 Å². The predicted molar refractivity (Wildman–Crippen MR) is 144 cm³/mol. The maximum Gasteiger partial charge on any atom is 0.259 e. The average molecular weight is 706 g/mol. The third-order valence-corrected chi connectivity index (χ3v) is 9.18. The van der Waals surface area contributed by atoms with E-state index in [1.54, 1.807) is 0 Å². The molecule has 0 nitrogen and oxygen atoms in total. The van der Waals surface area contributed by atoms with Crippen LogP contribution in [0.15, 0.2) is 0 Å². The Hall–Kier alpha value is -3.63. The standard InChI is InChI=1S/C30H18BF15S/c1-29(2,3)27-7(8-12(32)18(38)24(44)19(39)13(8)33)9(28(47-27)30(4,5)6)31(10-14(34)20(40)25(45)21(41)15(10)35)11-16(36)22(42)26(46)23(43)17(11)37/h1-6H3. The van der Waals surface area contributed by atoms with E-state index >= 15 is 26.3 Å². The molecule has 4 rings (SSSR count). The van der Waals surface area contributed by atoms with Crippen LogP contribution < -0.4 is 16.4 Å². The molecule has 0 saturated heterocycles. The molecule has 0 bridgehead atoms. The summed E-state index contributed by atoms with van der Waals surface area (Å²) in [5.41, 5.74) is -11.9. The van der Waals surface area contributed by atoms with Gasteiger partial charge in [-0.05, 0) is 21.9 Å². The molecule has 0 aliphatic rings. The number of thiophene rings is 1. The third kappa shape index (κ3) is 5.47. The Morgan fingerprint density at radius 2 is 0.574 bits per heavy atom. The van der Waals surface area contributed by atoms with Crippen molar-refractivity contribution >= 4 is 34.4 Å². The maximum absolute atomic E-state index is 15.6. The highest BCUT2D eigenvalue weighted by molar-refractivity contribution is 7.16. The van der Waals surface area contributed by atoms with E-state index in [1.165, 1.54) is 41.5 Å². The molecule has 0 N–H and O–H groups in total. The minimum absolute atomic E-state index is 0.407. The lowest BCUT2D eigenvalue weighted by Gasteiger charge is -2.27. The molecule has 3 aromatic carbocycles. The molecular formula is C30H18BF15S. The van der Waals surface area contributed by atoms with Crippen molar-refractivity contribution in [2.45, 2.75) is 52.4 Å². The lowest BCUT2D eigenvalue weighted by atomic mass is 9.34. The number of halogens is 15. The molecule has 47 heavy (non-hydrogen) atoms. The van der Waals surface area contributed by atoms with E-state index < -0.39 is 142 Å². The SMILES string of the molecule is CC(C)(C)c1sc(C(C)(C)C)c(-c2c(F)c(F)c(F)c(F)c2F)c1B(c1c(F)c(F)c(F)c(F)c1F)c1c(F)c(F)c(F)c(F)c1F. The summed E-state index contributed by atoms with van der Waals surface area (Å²) in [6, 6.07) is 0. The quantitative estimate of drug-likeness (QED) is 0.0864. The summed E-state index contributed by atoms with van der Waals surface area (Å²) in [5.74, 6) is -41.1. The van der Waals surface area contributed by atoms with Gasteiger partial charge in [0.25, 0.3) is 6.71 Å². The van der Waals surface area contributed by atoms with Crippen molar-refractivity contribution in [1.82, 2.24) is 0 Å². The molecule has 0 atom stereocenters. The number of hydrogen-bond donors (Lipinski definition) is 0. The Kier molecular flexibility index (Phi) is 9.10. The molecule has 1 aromatic heterocycles. The normalized spacial score (nSPS) is 12.4. The van der Waals surface area contributed by atoms with Crippen LogP contribution >= 0.6 is 11.3 Å². The second-order valence-corrected chi connectivity index (χ2v) is 13.4. The van der Waals surface area contributed by atoms with Gasteiger partial charge >= 0.3 is 0 Å². The van der Waals surface area contributed by atoms with E-state index in [2.05, 4.69) is 0 Å². The van der Waals surface area contributed by atoms with Gasteiger partial charge < -0.3 is 0 Å². The molecule has 0 saturated carbocycles. The van der Waals surface area contributed by atoms with Crippen LogP contribution in [-0.2, 0) is 10.8 Å². The Morgan fingerprint density at radius 3 is 0.851 bits per heavy atom. The van der Waals surface area contributed by atoms with Gasteiger partial charge in [-0.2, -0.15) is 0 Å². The van der Waals surface area contributed by atoms with E-state index in [0.29, 0.717) is 11.3 Å². The first-order valence-corrected chi connectivity index (χ1v) is 13.9. The molecule has 4 aromatic rings. The van der Waals surface area contributed by atoms with Crippen LogP contribution in [0.4, 0.5) is 65.9 Å². The summed E-state index contributed by atoms with van der Waals surface area (Å²) >= 11 is 0.407. The zero-order chi connectivity index (χ0) is 36.0. The fraction of sp³-hybridized carbons (Fsp3) is 0.267. The van der Waals surface area contributed by atoms with Crippen LogP contribution in [0.25, 0.3) is 11.1 Å². The van der Waals surface area contributed by atoms with Crippen molar-refractivity contribution in [1.29, 1.82) is 0 Å². The zero-order valence-electron chi connectivity index (χ0n) is 24.7. The molecule has 0 aliphatic heterocycles. The van der Waals surface area contributed by atoms with Crippen molar-refractivity contribution in [3.63, 3.8) is 0 Å². The minimum Gasteiger partial charge on any atom is -0.204 e. The van der Waals surface area contributed by atoms with E-state index in [4.69, 9.17) is 0 Å². The van der Waals surface area contributed by atoms with Crippen LogP contribution in [0, 0.1) is 87.3 Å². The molecule has 0 unspecified atom stereocenters. The second-order valence-electron chi connectivity index (χ2n) is 12.4. The Morgan fingerprint density at radius 1 is 0.319 bits per heavy atom. The van der Waals surface area contributed by atoms with Crippen molar-refractivity contribution in [3.05, 3.63) is 97.0 Å². The Bertz CT molecular complexity index is 1810. The lowest BCUT2D eigenvalue weighted by Crippen LogP contribution is -2.60. The maximum atomic E-state index is 15.6. The third-order valence-electron chi connectivity index (χ3n) is 7.12. The van der Waals surface area contributed by atoms with Crippen LogP contribution in [0.2, 0.25) is 0 Å². The predicted octanol–water partition coefficient (Wildman–Crippen LogP) is 8.61. The summed E-state index contributed by atoms with van der Waals surface area (Å²) in [5, 5.41) is 0. The van der Waals surface area contributed by atoms with Gasteiger partial charge in [0.1, 0.15) is 0 Å². The summed E-state index contributed by atoms with van der Waals surface area (Å²) in [4.78, 5) is -0.919. The van der Waals surface area contributed by atoms with Crippen LogP contribution in [0.5, 0.6) is 0 Å². The minimum atomic E-state index is -3.35. The highest BCUT2D eigenvalue weighted by Gasteiger charge is 2.47. The zero-order valence-corrected chi connectivity index (χ0v) is 25.5. The van der Waals surface area contributed by atoms with Gasteiger partial charge in [-0.25, -0.2) is 65.9 Å². The van der Waals surface area contributed by atoms with Gasteiger partial charge in [0.05, 0.1) is 5.56 Å². The van der Waals surface area contributed by atoms with E-state index in [9.17, 15) is 39.5 Å². The molecule has 0 radical (unpaired) electrons. The first-order chi connectivity index (χ1) is 21.4.